The van der Waals surface area contributed by atoms with E-state index < -0.39 is 0 Å². The molecule has 1 amide bonds. The van der Waals surface area contributed by atoms with Gasteiger partial charge in [-0.1, -0.05) is 25.1 Å². The van der Waals surface area contributed by atoms with Crippen LogP contribution in [0.5, 0.6) is 0 Å². The third kappa shape index (κ3) is 5.01. The lowest BCUT2D eigenvalue weighted by Gasteiger charge is -2.41. The van der Waals surface area contributed by atoms with Gasteiger partial charge in [0.15, 0.2) is 5.82 Å². The second-order valence-corrected chi connectivity index (χ2v) is 13.1. The van der Waals surface area contributed by atoms with E-state index in [0.29, 0.717) is 29.7 Å². The van der Waals surface area contributed by atoms with E-state index in [-0.39, 0.29) is 16.9 Å². The molecule has 0 radical (unpaired) electrons. The molecule has 2 aromatic heterocycles. The molecule has 2 fully saturated rings. The van der Waals surface area contributed by atoms with E-state index in [9.17, 15) is 10.1 Å². The van der Waals surface area contributed by atoms with Gasteiger partial charge in [-0.25, -0.2) is 4.98 Å². The van der Waals surface area contributed by atoms with Crippen LogP contribution in [0.15, 0.2) is 54.9 Å². The van der Waals surface area contributed by atoms with Crippen molar-refractivity contribution in [3.63, 3.8) is 0 Å². The van der Waals surface area contributed by atoms with Gasteiger partial charge in [-0.15, -0.1) is 10.2 Å². The number of amides is 1. The van der Waals surface area contributed by atoms with Crippen LogP contribution in [-0.4, -0.2) is 45.4 Å². The third-order valence-corrected chi connectivity index (χ3v) is 9.01. The number of aryl methyl sites for hydroxylation is 1. The van der Waals surface area contributed by atoms with Crippen LogP contribution in [0.4, 0.5) is 5.82 Å². The zero-order chi connectivity index (χ0) is 29.9. The molecule has 7 rings (SSSR count). The number of nitriles is 1. The van der Waals surface area contributed by atoms with Gasteiger partial charge in [0.25, 0.3) is 5.91 Å². The van der Waals surface area contributed by atoms with E-state index in [4.69, 9.17) is 9.72 Å². The van der Waals surface area contributed by atoms with Crippen molar-refractivity contribution in [1.29, 1.82) is 5.26 Å². The van der Waals surface area contributed by atoms with Gasteiger partial charge in [-0.2, -0.15) is 5.26 Å². The Morgan fingerprint density at radius 2 is 1.91 bits per heavy atom. The van der Waals surface area contributed by atoms with E-state index in [2.05, 4.69) is 60.6 Å². The molecule has 9 nitrogen and oxygen atoms in total. The van der Waals surface area contributed by atoms with Crippen molar-refractivity contribution in [1.82, 2.24) is 25.1 Å². The number of nitrogens with zero attached hydrogens (tertiary/aromatic N) is 6. The summed E-state index contributed by atoms with van der Waals surface area (Å²) in [5.74, 6) is 1.67. The van der Waals surface area contributed by atoms with Gasteiger partial charge < -0.3 is 14.6 Å². The molecule has 1 N–H and O–H groups in total. The molecule has 218 valence electrons. The average Bonchev–Trinajstić information content (AvgIpc) is 3.68. The molecule has 1 aliphatic carbocycles. The highest BCUT2D eigenvalue weighted by Crippen LogP contribution is 2.43. The molecule has 43 heavy (non-hydrogen) atoms. The lowest BCUT2D eigenvalue weighted by molar-refractivity contribution is -0.101. The monoisotopic (exact) mass is 573 g/mol. The molecule has 2 aliphatic heterocycles. The number of nitrogens with one attached hydrogen (secondary N) is 1. The normalized spacial score (nSPS) is 17.5. The lowest BCUT2D eigenvalue weighted by atomic mass is 9.85. The van der Waals surface area contributed by atoms with Gasteiger partial charge in [-0.3, -0.25) is 9.69 Å². The highest BCUT2D eigenvalue weighted by Gasteiger charge is 2.37. The maximum atomic E-state index is 14.0. The second kappa shape index (κ2) is 10.1. The summed E-state index contributed by atoms with van der Waals surface area (Å²) in [5.41, 5.74) is 6.88. The van der Waals surface area contributed by atoms with Crippen molar-refractivity contribution in [2.45, 2.75) is 51.6 Å². The fourth-order valence-electron chi connectivity index (χ4n) is 5.96. The molecule has 0 unspecified atom stereocenters. The molecule has 0 bridgehead atoms. The third-order valence-electron chi connectivity index (χ3n) is 9.01. The average molecular weight is 574 g/mol. The number of carbonyl (C=O) groups excluding carboxylic acids is 1. The Morgan fingerprint density at radius 1 is 1.09 bits per heavy atom. The summed E-state index contributed by atoms with van der Waals surface area (Å²) < 4.78 is 7.27. The summed E-state index contributed by atoms with van der Waals surface area (Å²) >= 11 is 0. The number of hydrogen-bond acceptors (Lipinski definition) is 7. The smallest absolute Gasteiger partial charge is 0.260 e. The number of rotatable bonds is 8. The summed E-state index contributed by atoms with van der Waals surface area (Å²) in [6, 6.07) is 18.2. The van der Waals surface area contributed by atoms with Crippen LogP contribution in [0, 0.1) is 16.7 Å². The largest absolute Gasteiger partial charge is 0.380 e. The molecule has 4 heterocycles. The number of hydrogen-bond donors (Lipinski definition) is 1. The minimum Gasteiger partial charge on any atom is -0.380 e. The van der Waals surface area contributed by atoms with Crippen molar-refractivity contribution in [2.75, 3.05) is 24.7 Å². The van der Waals surface area contributed by atoms with Crippen molar-refractivity contribution >= 4 is 11.7 Å². The van der Waals surface area contributed by atoms with E-state index in [1.54, 1.807) is 11.2 Å². The molecule has 1 saturated heterocycles. The Morgan fingerprint density at radius 3 is 2.58 bits per heavy atom. The highest BCUT2D eigenvalue weighted by molar-refractivity contribution is 6.10. The first-order valence-electron chi connectivity index (χ1n) is 14.8. The molecule has 2 aromatic carbocycles. The molecule has 0 spiro atoms. The summed E-state index contributed by atoms with van der Waals surface area (Å²) in [4.78, 5) is 20.8. The van der Waals surface area contributed by atoms with Crippen LogP contribution in [0.3, 0.4) is 0 Å². The Balaban J connectivity index is 1.24. The molecular weight excluding hydrogens is 538 g/mol. The lowest BCUT2D eigenvalue weighted by Crippen LogP contribution is -2.51. The quantitative estimate of drug-likeness (QED) is 0.304. The highest BCUT2D eigenvalue weighted by atomic mass is 16.5. The Labute approximate surface area is 251 Å². The van der Waals surface area contributed by atoms with Crippen LogP contribution in [-0.2, 0) is 23.9 Å². The fraction of sp³-hybridized carbons (Fsp3) is 0.382. The van der Waals surface area contributed by atoms with Gasteiger partial charge in [0.2, 0.25) is 0 Å². The zero-order valence-electron chi connectivity index (χ0n) is 25.0. The first-order chi connectivity index (χ1) is 20.6. The summed E-state index contributed by atoms with van der Waals surface area (Å²) in [7, 11) is 1.89. The minimum atomic E-state index is -0.301. The minimum absolute atomic E-state index is 0.0354. The SMILES string of the molecule is Cn1cnnc1-c1cc(C#N)ccc1-c1cc(C2CC2)nc(N2Cc3ccc(C(C)(C)NCC4(C)COC4)cc3C2=O)c1. The van der Waals surface area contributed by atoms with Crippen molar-refractivity contribution in [2.24, 2.45) is 12.5 Å². The number of carbonyl (C=O) groups is 1. The summed E-state index contributed by atoms with van der Waals surface area (Å²) in [6.45, 7) is 9.42. The van der Waals surface area contributed by atoms with E-state index in [1.165, 1.54) is 0 Å². The van der Waals surface area contributed by atoms with Gasteiger partial charge >= 0.3 is 0 Å². The Kier molecular flexibility index (Phi) is 6.45. The second-order valence-electron chi connectivity index (χ2n) is 13.1. The van der Waals surface area contributed by atoms with Gasteiger partial charge in [0, 0.05) is 47.3 Å². The topological polar surface area (TPSA) is 109 Å². The van der Waals surface area contributed by atoms with Crippen LogP contribution in [0.1, 0.15) is 72.3 Å². The maximum Gasteiger partial charge on any atom is 0.260 e. The van der Waals surface area contributed by atoms with E-state index in [1.807, 2.05) is 41.9 Å². The summed E-state index contributed by atoms with van der Waals surface area (Å²) in [6.07, 6.45) is 3.83. The molecule has 4 aromatic rings. The van der Waals surface area contributed by atoms with E-state index >= 15 is 0 Å². The first kappa shape index (κ1) is 27.4. The van der Waals surface area contributed by atoms with Crippen LogP contribution in [0.2, 0.25) is 0 Å². The number of anilines is 1. The predicted octanol–water partition coefficient (Wildman–Crippen LogP) is 5.31. The van der Waals surface area contributed by atoms with Gasteiger partial charge in [-0.05, 0) is 79.3 Å². The number of benzene rings is 2. The molecule has 3 aliphatic rings. The van der Waals surface area contributed by atoms with Crippen molar-refractivity contribution < 1.29 is 9.53 Å². The Hall–Kier alpha value is -4.39. The van der Waals surface area contributed by atoms with Crippen molar-refractivity contribution in [3.8, 4) is 28.6 Å². The van der Waals surface area contributed by atoms with Crippen LogP contribution in [0.25, 0.3) is 22.5 Å². The number of ether oxygens (including phenoxy) is 1. The summed E-state index contributed by atoms with van der Waals surface area (Å²) in [5, 5.41) is 21.7. The molecule has 9 heteroatoms. The fourth-order valence-corrected chi connectivity index (χ4v) is 5.96. The maximum absolute atomic E-state index is 14.0. The van der Waals surface area contributed by atoms with Gasteiger partial charge in [0.1, 0.15) is 12.1 Å². The van der Waals surface area contributed by atoms with Crippen LogP contribution < -0.4 is 10.2 Å². The van der Waals surface area contributed by atoms with Crippen molar-refractivity contribution in [3.05, 3.63) is 82.8 Å². The number of pyridine rings is 1. The molecule has 1 saturated carbocycles. The standard InChI is InChI=1S/C34H35N7O2/c1-33(2,36-17-34(3)18-43-19-34)25-9-8-23-16-41(32(42)27(23)14-25)30-13-24(12-29(38-30)22-6-7-22)26-10-5-21(15-35)11-28(26)31-39-37-20-40(31)4/h5,8-14,20,22,36H,6-7,16-19H2,1-4H3. The van der Waals surface area contributed by atoms with Gasteiger partial charge in [0.05, 0.1) is 31.4 Å². The zero-order valence-corrected chi connectivity index (χ0v) is 25.0. The van der Waals surface area contributed by atoms with E-state index in [0.717, 1.165) is 71.7 Å². The molecule has 0 atom stereocenters. The number of fused-ring (bicyclic) bond motifs is 1. The number of aromatic nitrogens is 4. The Bertz CT molecular complexity index is 1790. The first-order valence-corrected chi connectivity index (χ1v) is 14.8. The predicted molar refractivity (Wildman–Crippen MR) is 163 cm³/mol. The van der Waals surface area contributed by atoms with Crippen LogP contribution >= 0.6 is 0 Å². The molecular formula is C34H35N7O2.